The fourth-order valence-corrected chi connectivity index (χ4v) is 1.16. The first kappa shape index (κ1) is 6.09. The van der Waals surface area contributed by atoms with Gasteiger partial charge in [0, 0.05) is 6.61 Å². The number of rotatable bonds is 1. The van der Waals surface area contributed by atoms with Crippen LogP contribution in [0.2, 0.25) is 0 Å². The van der Waals surface area contributed by atoms with Crippen LogP contribution in [-0.2, 0) is 4.74 Å². The second kappa shape index (κ2) is 2.49. The third kappa shape index (κ3) is 1.03. The van der Waals surface area contributed by atoms with E-state index in [1.165, 1.54) is 6.42 Å². The highest BCUT2D eigenvalue weighted by Crippen LogP contribution is 2.22. The summed E-state index contributed by atoms with van der Waals surface area (Å²) in [5.41, 5.74) is 0. The van der Waals surface area contributed by atoms with Gasteiger partial charge in [0.1, 0.15) is 0 Å². The van der Waals surface area contributed by atoms with Crippen LogP contribution in [0.3, 0.4) is 0 Å². The predicted molar refractivity (Wildman–Crippen MR) is 33.5 cm³/mol. The molecule has 1 radical (unpaired) electrons. The van der Waals surface area contributed by atoms with E-state index in [-0.39, 0.29) is 0 Å². The van der Waals surface area contributed by atoms with Crippen molar-refractivity contribution in [2.24, 2.45) is 5.92 Å². The fourth-order valence-electron chi connectivity index (χ4n) is 1.16. The van der Waals surface area contributed by atoms with Gasteiger partial charge in [0.2, 0.25) is 0 Å². The van der Waals surface area contributed by atoms with Gasteiger partial charge in [-0.15, -0.1) is 0 Å². The SMILES string of the molecule is [CH2]CC1CCOC1C. The molecule has 0 aliphatic carbocycles. The lowest BCUT2D eigenvalue weighted by Crippen LogP contribution is -2.09. The number of hydrogen-bond acceptors (Lipinski definition) is 1. The third-order valence-corrected chi connectivity index (χ3v) is 1.90. The van der Waals surface area contributed by atoms with Crippen molar-refractivity contribution < 1.29 is 4.74 Å². The molecule has 0 aromatic carbocycles. The maximum absolute atomic E-state index is 5.32. The van der Waals surface area contributed by atoms with Crippen molar-refractivity contribution in [2.45, 2.75) is 25.9 Å². The molecule has 1 heteroatoms. The Hall–Kier alpha value is -0.0400. The Morgan fingerprint density at radius 3 is 2.75 bits per heavy atom. The molecule has 0 bridgehead atoms. The average Bonchev–Trinajstić information content (AvgIpc) is 2.14. The normalized spacial score (nSPS) is 38.2. The van der Waals surface area contributed by atoms with Crippen molar-refractivity contribution in [3.8, 4) is 0 Å². The van der Waals surface area contributed by atoms with Crippen LogP contribution in [0, 0.1) is 12.8 Å². The number of hydrogen-bond donors (Lipinski definition) is 0. The van der Waals surface area contributed by atoms with E-state index < -0.39 is 0 Å². The first-order valence-corrected chi connectivity index (χ1v) is 3.25. The summed E-state index contributed by atoms with van der Waals surface area (Å²) < 4.78 is 5.32. The lowest BCUT2D eigenvalue weighted by atomic mass is 10.0. The Kier molecular flexibility index (Phi) is 1.90. The Morgan fingerprint density at radius 1 is 1.75 bits per heavy atom. The van der Waals surface area contributed by atoms with Gasteiger partial charge >= 0.3 is 0 Å². The van der Waals surface area contributed by atoms with E-state index in [0.29, 0.717) is 6.10 Å². The maximum atomic E-state index is 5.32. The van der Waals surface area contributed by atoms with Crippen molar-refractivity contribution in [1.82, 2.24) is 0 Å². The van der Waals surface area contributed by atoms with Crippen LogP contribution >= 0.6 is 0 Å². The van der Waals surface area contributed by atoms with E-state index in [4.69, 9.17) is 4.74 Å². The molecule has 1 saturated heterocycles. The topological polar surface area (TPSA) is 9.23 Å². The summed E-state index contributed by atoms with van der Waals surface area (Å²) >= 11 is 0. The van der Waals surface area contributed by atoms with Gasteiger partial charge in [-0.25, -0.2) is 0 Å². The standard InChI is InChI=1S/C7H13O/c1-3-7-4-5-8-6(7)2/h6-7H,1,3-5H2,2H3. The lowest BCUT2D eigenvalue weighted by molar-refractivity contribution is 0.106. The first-order valence-electron chi connectivity index (χ1n) is 3.25. The van der Waals surface area contributed by atoms with E-state index in [1.807, 2.05) is 0 Å². The van der Waals surface area contributed by atoms with Crippen LogP contribution in [0.5, 0.6) is 0 Å². The summed E-state index contributed by atoms with van der Waals surface area (Å²) in [6.07, 6.45) is 2.71. The molecule has 1 fully saturated rings. The van der Waals surface area contributed by atoms with E-state index in [0.717, 1.165) is 18.9 Å². The molecule has 0 N–H and O–H groups in total. The van der Waals surface area contributed by atoms with Crippen LogP contribution < -0.4 is 0 Å². The van der Waals surface area contributed by atoms with Crippen LogP contribution in [0.1, 0.15) is 19.8 Å². The van der Waals surface area contributed by atoms with Crippen LogP contribution in [0.4, 0.5) is 0 Å². The van der Waals surface area contributed by atoms with Gasteiger partial charge in [-0.1, -0.05) is 6.92 Å². The molecule has 47 valence electrons. The molecule has 2 unspecified atom stereocenters. The average molecular weight is 113 g/mol. The summed E-state index contributed by atoms with van der Waals surface area (Å²) in [5.74, 6) is 0.731. The van der Waals surface area contributed by atoms with Crippen LogP contribution in [-0.4, -0.2) is 12.7 Å². The van der Waals surface area contributed by atoms with Gasteiger partial charge in [0.15, 0.2) is 0 Å². The van der Waals surface area contributed by atoms with Gasteiger partial charge < -0.3 is 4.74 Å². The van der Waals surface area contributed by atoms with Gasteiger partial charge in [0.05, 0.1) is 6.10 Å². The fraction of sp³-hybridized carbons (Fsp3) is 0.857. The minimum absolute atomic E-state index is 0.465. The molecule has 0 spiro atoms. The molecule has 1 heterocycles. The number of ether oxygens (including phenoxy) is 1. The molecule has 1 aliphatic heterocycles. The second-order valence-corrected chi connectivity index (χ2v) is 2.41. The Labute approximate surface area is 51.0 Å². The summed E-state index contributed by atoms with van der Waals surface area (Å²) in [4.78, 5) is 0. The smallest absolute Gasteiger partial charge is 0.0575 e. The van der Waals surface area contributed by atoms with E-state index in [1.54, 1.807) is 0 Å². The van der Waals surface area contributed by atoms with E-state index in [2.05, 4.69) is 13.8 Å². The molecule has 0 amide bonds. The zero-order chi connectivity index (χ0) is 5.98. The molecule has 0 aromatic heterocycles. The largest absolute Gasteiger partial charge is 0.378 e. The zero-order valence-electron chi connectivity index (χ0n) is 5.39. The predicted octanol–water partition coefficient (Wildman–Crippen LogP) is 1.64. The van der Waals surface area contributed by atoms with Gasteiger partial charge in [-0.05, 0) is 25.7 Å². The van der Waals surface area contributed by atoms with Gasteiger partial charge in [-0.3, -0.25) is 0 Å². The molecular formula is C7H13O. The molecule has 1 rings (SSSR count). The minimum atomic E-state index is 0.465. The maximum Gasteiger partial charge on any atom is 0.0575 e. The highest BCUT2D eigenvalue weighted by atomic mass is 16.5. The summed E-state index contributed by atoms with van der Waals surface area (Å²) in [6, 6.07) is 0. The third-order valence-electron chi connectivity index (χ3n) is 1.90. The van der Waals surface area contributed by atoms with Crippen molar-refractivity contribution in [3.63, 3.8) is 0 Å². The minimum Gasteiger partial charge on any atom is -0.378 e. The van der Waals surface area contributed by atoms with Gasteiger partial charge in [0.25, 0.3) is 0 Å². The monoisotopic (exact) mass is 113 g/mol. The second-order valence-electron chi connectivity index (χ2n) is 2.41. The Morgan fingerprint density at radius 2 is 2.50 bits per heavy atom. The quantitative estimate of drug-likeness (QED) is 0.502. The highest BCUT2D eigenvalue weighted by Gasteiger charge is 2.21. The lowest BCUT2D eigenvalue weighted by Gasteiger charge is -2.08. The molecule has 0 aromatic rings. The van der Waals surface area contributed by atoms with Crippen LogP contribution in [0.25, 0.3) is 0 Å². The van der Waals surface area contributed by atoms with E-state index >= 15 is 0 Å². The molecule has 0 saturated carbocycles. The molecule has 8 heavy (non-hydrogen) atoms. The Balaban J connectivity index is 2.30. The molecular weight excluding hydrogens is 100 g/mol. The molecule has 1 aliphatic rings. The zero-order valence-corrected chi connectivity index (χ0v) is 5.39. The molecule has 2 atom stereocenters. The van der Waals surface area contributed by atoms with E-state index in [9.17, 15) is 0 Å². The van der Waals surface area contributed by atoms with Crippen molar-refractivity contribution >= 4 is 0 Å². The molecule has 1 nitrogen and oxygen atoms in total. The first-order chi connectivity index (χ1) is 3.84. The van der Waals surface area contributed by atoms with Crippen LogP contribution in [0.15, 0.2) is 0 Å². The summed E-state index contributed by atoms with van der Waals surface area (Å²) in [7, 11) is 0. The van der Waals surface area contributed by atoms with Gasteiger partial charge in [-0.2, -0.15) is 0 Å². The van der Waals surface area contributed by atoms with Crippen molar-refractivity contribution in [1.29, 1.82) is 0 Å². The summed E-state index contributed by atoms with van der Waals surface area (Å²) in [5, 5.41) is 0. The van der Waals surface area contributed by atoms with Crippen molar-refractivity contribution in [2.75, 3.05) is 6.61 Å². The summed E-state index contributed by atoms with van der Waals surface area (Å²) in [6.45, 7) is 6.91. The van der Waals surface area contributed by atoms with Crippen molar-refractivity contribution in [3.05, 3.63) is 6.92 Å². The highest BCUT2D eigenvalue weighted by molar-refractivity contribution is 4.72. The Bertz CT molecular complexity index is 70.8.